The third-order valence-electron chi connectivity index (χ3n) is 5.71. The highest BCUT2D eigenvalue weighted by atomic mass is 16.6. The van der Waals surface area contributed by atoms with E-state index < -0.39 is 17.5 Å². The van der Waals surface area contributed by atoms with Crippen LogP contribution in [-0.4, -0.2) is 94.2 Å². The fraction of sp³-hybridized carbons (Fsp3) is 0.839. The monoisotopic (exact) mass is 601 g/mol. The average Bonchev–Trinajstić information content (AvgIpc) is 2.86. The van der Waals surface area contributed by atoms with Crippen molar-refractivity contribution in [3.8, 4) is 0 Å². The minimum absolute atomic E-state index is 0.000653. The number of carbonyl (C=O) groups is 5. The van der Waals surface area contributed by atoms with E-state index >= 15 is 0 Å². The van der Waals surface area contributed by atoms with Gasteiger partial charge >= 0.3 is 5.97 Å². The van der Waals surface area contributed by atoms with E-state index in [4.69, 9.17) is 23.7 Å². The first kappa shape index (κ1) is 39.8. The average molecular weight is 602 g/mol. The van der Waals surface area contributed by atoms with Crippen LogP contribution in [0, 0.1) is 11.3 Å². The number of carbonyl (C=O) groups excluding carboxylic acids is 5. The molecular weight excluding hydrogens is 546 g/mol. The molecule has 0 spiro atoms. The normalized spacial score (nSPS) is 12.5. The molecular formula is C31H55NO10. The van der Waals surface area contributed by atoms with Crippen molar-refractivity contribution in [2.45, 2.75) is 99.0 Å². The fourth-order valence-corrected chi connectivity index (χ4v) is 3.52. The fourth-order valence-electron chi connectivity index (χ4n) is 3.52. The molecule has 1 atom stereocenters. The quantitative estimate of drug-likeness (QED) is 0.122. The van der Waals surface area contributed by atoms with Gasteiger partial charge in [-0.3, -0.25) is 24.0 Å². The van der Waals surface area contributed by atoms with E-state index in [-0.39, 0.29) is 81.0 Å². The number of amides is 1. The van der Waals surface area contributed by atoms with Crippen molar-refractivity contribution in [3.05, 3.63) is 0 Å². The van der Waals surface area contributed by atoms with Gasteiger partial charge in [0.25, 0.3) is 0 Å². The van der Waals surface area contributed by atoms with E-state index in [9.17, 15) is 24.0 Å². The maximum atomic E-state index is 12.7. The molecule has 0 aliphatic heterocycles. The molecule has 0 bridgehead atoms. The molecule has 1 amide bonds. The molecule has 0 fully saturated rings. The molecule has 0 rings (SSSR count). The highest BCUT2D eigenvalue weighted by Crippen LogP contribution is 2.24. The molecule has 0 aromatic carbocycles. The maximum Gasteiger partial charge on any atom is 0.309 e. The highest BCUT2D eigenvalue weighted by Gasteiger charge is 2.28. The molecule has 0 aliphatic carbocycles. The molecule has 0 saturated carbocycles. The van der Waals surface area contributed by atoms with E-state index in [0.29, 0.717) is 45.6 Å². The minimum atomic E-state index is -0.677. The van der Waals surface area contributed by atoms with Gasteiger partial charge in [-0.05, 0) is 52.4 Å². The molecule has 42 heavy (non-hydrogen) atoms. The van der Waals surface area contributed by atoms with E-state index in [0.717, 1.165) is 6.42 Å². The predicted molar refractivity (Wildman–Crippen MR) is 158 cm³/mol. The smallest absolute Gasteiger partial charge is 0.309 e. The summed E-state index contributed by atoms with van der Waals surface area (Å²) < 4.78 is 26.7. The van der Waals surface area contributed by atoms with Crippen LogP contribution in [0.1, 0.15) is 93.4 Å². The summed E-state index contributed by atoms with van der Waals surface area (Å²) in [6.45, 7) is 15.3. The lowest BCUT2D eigenvalue weighted by molar-refractivity contribution is -0.161. The van der Waals surface area contributed by atoms with Crippen LogP contribution in [0.15, 0.2) is 0 Å². The van der Waals surface area contributed by atoms with Crippen LogP contribution in [0.4, 0.5) is 0 Å². The Labute approximate surface area is 252 Å². The van der Waals surface area contributed by atoms with Crippen LogP contribution in [0.3, 0.4) is 0 Å². The summed E-state index contributed by atoms with van der Waals surface area (Å²) in [5.74, 6) is -1.42. The molecule has 0 aromatic heterocycles. The lowest BCUT2D eigenvalue weighted by atomic mass is 9.87. The van der Waals surface area contributed by atoms with Crippen LogP contribution in [0.25, 0.3) is 0 Å². The van der Waals surface area contributed by atoms with Gasteiger partial charge in [-0.15, -0.1) is 0 Å². The second-order valence-electron chi connectivity index (χ2n) is 12.6. The number of nitrogens with one attached hydrogen (secondary N) is 1. The van der Waals surface area contributed by atoms with Gasteiger partial charge in [0, 0.05) is 38.8 Å². The van der Waals surface area contributed by atoms with Gasteiger partial charge in [-0.2, -0.15) is 0 Å². The Morgan fingerprint density at radius 2 is 1.29 bits per heavy atom. The van der Waals surface area contributed by atoms with Crippen LogP contribution in [-0.2, 0) is 47.7 Å². The largest absolute Gasteiger partial charge is 0.460 e. The second kappa shape index (κ2) is 22.3. The van der Waals surface area contributed by atoms with Gasteiger partial charge in [0.05, 0.1) is 39.0 Å². The molecule has 0 heterocycles. The third-order valence-corrected chi connectivity index (χ3v) is 5.71. The van der Waals surface area contributed by atoms with Crippen LogP contribution in [0.5, 0.6) is 0 Å². The Morgan fingerprint density at radius 3 is 1.88 bits per heavy atom. The summed E-state index contributed by atoms with van der Waals surface area (Å²) in [6, 6.07) is 0. The zero-order valence-electron chi connectivity index (χ0n) is 27.0. The number of ether oxygens (including phenoxy) is 5. The molecule has 244 valence electrons. The number of rotatable bonds is 25. The Balaban J connectivity index is 4.04. The number of esters is 1. The lowest BCUT2D eigenvalue weighted by Gasteiger charge is -2.24. The summed E-state index contributed by atoms with van der Waals surface area (Å²) in [7, 11) is 0. The zero-order valence-corrected chi connectivity index (χ0v) is 27.0. The molecule has 0 saturated heterocycles. The molecule has 0 aliphatic rings. The van der Waals surface area contributed by atoms with E-state index in [1.165, 1.54) is 6.92 Å². The number of hydrogen-bond acceptors (Lipinski definition) is 10. The maximum absolute atomic E-state index is 12.7. The van der Waals surface area contributed by atoms with Gasteiger partial charge < -0.3 is 29.0 Å². The SMILES string of the molecule is CC(=O)COCCOCCCC(=O)COCCOCCNC(=O)CC[C@H](CC(=O)CCC(C)(C)C)C(=O)OC(C)(C)C. The molecule has 0 unspecified atom stereocenters. The number of Topliss-reactive ketones (excluding diaryl/α,β-unsaturated/α-hetero) is 3. The van der Waals surface area contributed by atoms with Gasteiger partial charge in [0.15, 0.2) is 11.6 Å². The van der Waals surface area contributed by atoms with Crippen molar-refractivity contribution in [2.24, 2.45) is 11.3 Å². The number of ketones is 3. The van der Waals surface area contributed by atoms with Crippen molar-refractivity contribution in [1.29, 1.82) is 0 Å². The highest BCUT2D eigenvalue weighted by molar-refractivity contribution is 5.85. The van der Waals surface area contributed by atoms with Crippen molar-refractivity contribution in [3.63, 3.8) is 0 Å². The predicted octanol–water partition coefficient (Wildman–Crippen LogP) is 3.63. The van der Waals surface area contributed by atoms with Crippen molar-refractivity contribution in [2.75, 3.05) is 59.4 Å². The van der Waals surface area contributed by atoms with Crippen LogP contribution >= 0.6 is 0 Å². The van der Waals surface area contributed by atoms with E-state index in [1.54, 1.807) is 20.8 Å². The third kappa shape index (κ3) is 26.7. The van der Waals surface area contributed by atoms with Gasteiger partial charge in [-0.1, -0.05) is 20.8 Å². The molecule has 11 nitrogen and oxygen atoms in total. The second-order valence-corrected chi connectivity index (χ2v) is 12.6. The number of hydrogen-bond donors (Lipinski definition) is 1. The molecule has 0 radical (unpaired) electrons. The van der Waals surface area contributed by atoms with E-state index in [1.807, 2.05) is 0 Å². The van der Waals surface area contributed by atoms with Crippen molar-refractivity contribution >= 4 is 29.2 Å². The van der Waals surface area contributed by atoms with Gasteiger partial charge in [-0.25, -0.2) is 0 Å². The Bertz CT molecular complexity index is 814. The van der Waals surface area contributed by atoms with Crippen molar-refractivity contribution < 1.29 is 47.7 Å². The summed E-state index contributed by atoms with van der Waals surface area (Å²) in [5.41, 5.74) is -0.655. The van der Waals surface area contributed by atoms with Crippen molar-refractivity contribution in [1.82, 2.24) is 5.32 Å². The zero-order chi connectivity index (χ0) is 32.0. The van der Waals surface area contributed by atoms with Crippen LogP contribution < -0.4 is 5.32 Å². The minimum Gasteiger partial charge on any atom is -0.460 e. The Kier molecular flexibility index (Phi) is 21.2. The summed E-state index contributed by atoms with van der Waals surface area (Å²) >= 11 is 0. The Morgan fingerprint density at radius 1 is 0.690 bits per heavy atom. The lowest BCUT2D eigenvalue weighted by Crippen LogP contribution is -2.32. The first-order chi connectivity index (χ1) is 19.6. The summed E-state index contributed by atoms with van der Waals surface area (Å²) in [6.07, 6.45) is 2.44. The van der Waals surface area contributed by atoms with E-state index in [2.05, 4.69) is 26.1 Å². The summed E-state index contributed by atoms with van der Waals surface area (Å²) in [5, 5.41) is 2.75. The molecule has 11 heteroatoms. The topological polar surface area (TPSA) is 144 Å². The van der Waals surface area contributed by atoms with Gasteiger partial charge in [0.2, 0.25) is 5.91 Å². The Hall–Kier alpha value is -2.21. The summed E-state index contributed by atoms with van der Waals surface area (Å²) in [4.78, 5) is 60.1. The first-order valence-corrected chi connectivity index (χ1v) is 14.9. The van der Waals surface area contributed by atoms with Gasteiger partial charge in [0.1, 0.15) is 24.6 Å². The first-order valence-electron chi connectivity index (χ1n) is 14.9. The van der Waals surface area contributed by atoms with Crippen LogP contribution in [0.2, 0.25) is 0 Å². The molecule has 0 aromatic rings. The molecule has 1 N–H and O–H groups in total. The standard InChI is InChI=1S/C31H55NO10/c1-24(33)22-40-19-17-38-15-8-9-27(35)23-41-20-18-39-16-14-32-28(36)11-10-25(29(37)42-31(5,6)7)21-26(34)12-13-30(2,3)4/h25H,8-23H2,1-7H3,(H,32,36)/t25-/m1/s1.